The molecule has 1 N–H and O–H groups in total. The Morgan fingerprint density at radius 1 is 1.20 bits per heavy atom. The van der Waals surface area contributed by atoms with Gasteiger partial charge in [-0.25, -0.2) is 0 Å². The number of hydrogen-bond acceptors (Lipinski definition) is 2. The van der Waals surface area contributed by atoms with E-state index in [4.69, 9.17) is 0 Å². The smallest absolute Gasteiger partial charge is 0.0438 e. The van der Waals surface area contributed by atoms with Crippen LogP contribution < -0.4 is 10.2 Å². The average Bonchev–Trinajstić information content (AvgIpc) is 2.46. The number of nitrogens with zero attached hydrogens (tertiary/aromatic N) is 1. The van der Waals surface area contributed by atoms with Crippen molar-refractivity contribution in [2.75, 3.05) is 18.0 Å². The van der Waals surface area contributed by atoms with Crippen LogP contribution in [0.4, 0.5) is 5.69 Å². The van der Waals surface area contributed by atoms with Crippen molar-refractivity contribution in [3.63, 3.8) is 0 Å². The first kappa shape index (κ1) is 15.4. The molecule has 1 saturated heterocycles. The van der Waals surface area contributed by atoms with Crippen LogP contribution in [0, 0.1) is 11.8 Å². The summed E-state index contributed by atoms with van der Waals surface area (Å²) in [6.07, 6.45) is 1.11. The predicted molar refractivity (Wildman–Crippen MR) is 88.4 cm³/mol. The van der Waals surface area contributed by atoms with Crippen LogP contribution in [0.5, 0.6) is 0 Å². The van der Waals surface area contributed by atoms with E-state index in [1.807, 2.05) is 0 Å². The average molecular weight is 274 g/mol. The summed E-state index contributed by atoms with van der Waals surface area (Å²) in [6.45, 7) is 13.7. The fraction of sp³-hybridized carbons (Fsp3) is 0.667. The highest BCUT2D eigenvalue weighted by molar-refractivity contribution is 5.50. The van der Waals surface area contributed by atoms with Gasteiger partial charge >= 0.3 is 0 Å². The van der Waals surface area contributed by atoms with Crippen molar-refractivity contribution in [2.45, 2.75) is 53.1 Å². The zero-order valence-corrected chi connectivity index (χ0v) is 13.7. The molecule has 1 aromatic carbocycles. The summed E-state index contributed by atoms with van der Waals surface area (Å²) in [5, 5.41) is 3.74. The second-order valence-electron chi connectivity index (χ2n) is 6.75. The topological polar surface area (TPSA) is 15.3 Å². The molecule has 0 amide bonds. The number of hydrogen-bond donors (Lipinski definition) is 1. The summed E-state index contributed by atoms with van der Waals surface area (Å²) in [5.74, 6) is 1.35. The Balaban J connectivity index is 2.26. The number of nitrogens with one attached hydrogen (secondary N) is 1. The third-order valence-electron chi connectivity index (χ3n) is 4.61. The molecule has 1 fully saturated rings. The van der Waals surface area contributed by atoms with Gasteiger partial charge in [0.2, 0.25) is 0 Å². The fourth-order valence-corrected chi connectivity index (χ4v) is 3.09. The summed E-state index contributed by atoms with van der Waals surface area (Å²) in [4.78, 5) is 2.63. The Kier molecular flexibility index (Phi) is 5.09. The van der Waals surface area contributed by atoms with Crippen molar-refractivity contribution >= 4 is 5.69 Å². The van der Waals surface area contributed by atoms with E-state index in [9.17, 15) is 0 Å². The SMILES string of the molecule is CCc1cccc(N2CC(C(C)C)NCC2C(C)C)c1. The highest BCUT2D eigenvalue weighted by Gasteiger charge is 2.31. The Labute approximate surface area is 124 Å². The van der Waals surface area contributed by atoms with Gasteiger partial charge in [-0.05, 0) is 36.0 Å². The first-order valence-corrected chi connectivity index (χ1v) is 8.11. The molecule has 2 rings (SSSR count). The molecule has 1 heterocycles. The lowest BCUT2D eigenvalue weighted by atomic mass is 9.93. The minimum Gasteiger partial charge on any atom is -0.365 e. The van der Waals surface area contributed by atoms with Crippen LogP contribution in [-0.4, -0.2) is 25.2 Å². The second-order valence-corrected chi connectivity index (χ2v) is 6.75. The molecular weight excluding hydrogens is 244 g/mol. The number of benzene rings is 1. The maximum atomic E-state index is 3.74. The summed E-state index contributed by atoms with van der Waals surface area (Å²) in [5.41, 5.74) is 2.83. The molecule has 20 heavy (non-hydrogen) atoms. The Bertz CT molecular complexity index is 425. The highest BCUT2D eigenvalue weighted by Crippen LogP contribution is 2.26. The Hall–Kier alpha value is -1.02. The van der Waals surface area contributed by atoms with Gasteiger partial charge in [0.1, 0.15) is 0 Å². The zero-order chi connectivity index (χ0) is 14.7. The first-order valence-electron chi connectivity index (χ1n) is 8.11. The molecule has 1 aliphatic rings. The lowest BCUT2D eigenvalue weighted by molar-refractivity contribution is 0.295. The highest BCUT2D eigenvalue weighted by atomic mass is 15.2. The van der Waals surface area contributed by atoms with Crippen LogP contribution in [0.1, 0.15) is 40.2 Å². The van der Waals surface area contributed by atoms with Gasteiger partial charge < -0.3 is 10.2 Å². The summed E-state index contributed by atoms with van der Waals surface area (Å²) >= 11 is 0. The minimum atomic E-state index is 0.593. The van der Waals surface area contributed by atoms with E-state index in [1.165, 1.54) is 11.3 Å². The van der Waals surface area contributed by atoms with Crippen LogP contribution in [0.2, 0.25) is 0 Å². The zero-order valence-electron chi connectivity index (χ0n) is 13.7. The van der Waals surface area contributed by atoms with Crippen molar-refractivity contribution in [3.05, 3.63) is 29.8 Å². The van der Waals surface area contributed by atoms with E-state index in [-0.39, 0.29) is 0 Å². The molecule has 0 aliphatic carbocycles. The lowest BCUT2D eigenvalue weighted by Gasteiger charge is -2.45. The number of aryl methyl sites for hydroxylation is 1. The summed E-state index contributed by atoms with van der Waals surface area (Å²) in [6, 6.07) is 10.3. The summed E-state index contributed by atoms with van der Waals surface area (Å²) in [7, 11) is 0. The minimum absolute atomic E-state index is 0.593. The van der Waals surface area contributed by atoms with Crippen LogP contribution in [0.15, 0.2) is 24.3 Å². The molecule has 2 nitrogen and oxygen atoms in total. The standard InChI is InChI=1S/C18H30N2/c1-6-15-8-7-9-16(10-15)20-12-17(13(2)3)19-11-18(20)14(4)5/h7-10,13-14,17-19H,6,11-12H2,1-5H3. The molecule has 1 aliphatic heterocycles. The van der Waals surface area contributed by atoms with Crippen molar-refractivity contribution in [1.29, 1.82) is 0 Å². The molecule has 112 valence electrons. The lowest BCUT2D eigenvalue weighted by Crippen LogP contribution is -2.60. The molecule has 1 aromatic rings. The van der Waals surface area contributed by atoms with Gasteiger partial charge in [0.05, 0.1) is 0 Å². The van der Waals surface area contributed by atoms with Gasteiger partial charge in [-0.3, -0.25) is 0 Å². The largest absolute Gasteiger partial charge is 0.365 e. The Morgan fingerprint density at radius 3 is 2.55 bits per heavy atom. The van der Waals surface area contributed by atoms with Gasteiger partial charge in [0.25, 0.3) is 0 Å². The van der Waals surface area contributed by atoms with Crippen LogP contribution in [-0.2, 0) is 6.42 Å². The van der Waals surface area contributed by atoms with Gasteiger partial charge in [-0.15, -0.1) is 0 Å². The van der Waals surface area contributed by atoms with E-state index in [0.29, 0.717) is 23.9 Å². The summed E-state index contributed by atoms with van der Waals surface area (Å²) < 4.78 is 0. The number of rotatable bonds is 4. The number of anilines is 1. The molecule has 0 saturated carbocycles. The molecule has 0 spiro atoms. The van der Waals surface area contributed by atoms with Gasteiger partial charge in [0, 0.05) is 30.9 Å². The molecule has 2 atom stereocenters. The van der Waals surface area contributed by atoms with Gasteiger partial charge in [0.15, 0.2) is 0 Å². The second kappa shape index (κ2) is 6.62. The van der Waals surface area contributed by atoms with Gasteiger partial charge in [-0.1, -0.05) is 46.8 Å². The van der Waals surface area contributed by atoms with E-state index < -0.39 is 0 Å². The van der Waals surface area contributed by atoms with Crippen molar-refractivity contribution in [1.82, 2.24) is 5.32 Å². The van der Waals surface area contributed by atoms with Crippen molar-refractivity contribution in [3.8, 4) is 0 Å². The van der Waals surface area contributed by atoms with Gasteiger partial charge in [-0.2, -0.15) is 0 Å². The fourth-order valence-electron chi connectivity index (χ4n) is 3.09. The monoisotopic (exact) mass is 274 g/mol. The quantitative estimate of drug-likeness (QED) is 0.900. The Morgan fingerprint density at radius 2 is 1.95 bits per heavy atom. The van der Waals surface area contributed by atoms with Crippen molar-refractivity contribution < 1.29 is 0 Å². The normalized spacial score (nSPS) is 23.6. The molecular formula is C18H30N2. The maximum Gasteiger partial charge on any atom is 0.0438 e. The number of piperazine rings is 1. The van der Waals surface area contributed by atoms with E-state index >= 15 is 0 Å². The first-order chi connectivity index (χ1) is 9.52. The predicted octanol–water partition coefficient (Wildman–Crippen LogP) is 3.71. The molecule has 0 bridgehead atoms. The van der Waals surface area contributed by atoms with Crippen LogP contribution in [0.3, 0.4) is 0 Å². The molecule has 0 radical (unpaired) electrons. The molecule has 2 heteroatoms. The van der Waals surface area contributed by atoms with E-state index in [1.54, 1.807) is 0 Å². The van der Waals surface area contributed by atoms with E-state index in [2.05, 4.69) is 69.1 Å². The van der Waals surface area contributed by atoms with Crippen LogP contribution >= 0.6 is 0 Å². The third-order valence-corrected chi connectivity index (χ3v) is 4.61. The molecule has 0 aromatic heterocycles. The molecule has 2 unspecified atom stereocenters. The van der Waals surface area contributed by atoms with Crippen molar-refractivity contribution in [2.24, 2.45) is 11.8 Å². The van der Waals surface area contributed by atoms with Crippen LogP contribution in [0.25, 0.3) is 0 Å². The van der Waals surface area contributed by atoms with E-state index in [0.717, 1.165) is 19.5 Å². The third kappa shape index (κ3) is 3.35. The maximum absolute atomic E-state index is 3.74.